The standard InChI is InChI=1S/C12H23FN2O/c1-8(2)12(16)15-6-5-11(10(13)7-15)14-9(3)4/h8-11,14H,5-7H2,1-4H3. The zero-order chi connectivity index (χ0) is 12.3. The molecule has 4 heteroatoms. The summed E-state index contributed by atoms with van der Waals surface area (Å²) in [4.78, 5) is 13.4. The number of piperidine rings is 1. The number of nitrogens with one attached hydrogen (secondary N) is 1. The molecule has 1 aliphatic heterocycles. The summed E-state index contributed by atoms with van der Waals surface area (Å²) in [6.45, 7) is 8.64. The van der Waals surface area contributed by atoms with Gasteiger partial charge < -0.3 is 10.2 Å². The molecule has 16 heavy (non-hydrogen) atoms. The van der Waals surface area contributed by atoms with Crippen molar-refractivity contribution in [2.24, 2.45) is 5.92 Å². The van der Waals surface area contributed by atoms with Crippen LogP contribution < -0.4 is 5.32 Å². The summed E-state index contributed by atoms with van der Waals surface area (Å²) in [7, 11) is 0. The average molecular weight is 230 g/mol. The largest absolute Gasteiger partial charge is 0.339 e. The van der Waals surface area contributed by atoms with Crippen molar-refractivity contribution < 1.29 is 9.18 Å². The van der Waals surface area contributed by atoms with Crippen LogP contribution >= 0.6 is 0 Å². The van der Waals surface area contributed by atoms with Crippen molar-refractivity contribution in [2.45, 2.75) is 52.4 Å². The Morgan fingerprint density at radius 1 is 1.38 bits per heavy atom. The van der Waals surface area contributed by atoms with E-state index in [0.717, 1.165) is 0 Å². The molecule has 1 heterocycles. The number of carbonyl (C=O) groups is 1. The van der Waals surface area contributed by atoms with E-state index in [1.165, 1.54) is 0 Å². The summed E-state index contributed by atoms with van der Waals surface area (Å²) in [6.07, 6.45) is -0.239. The summed E-state index contributed by atoms with van der Waals surface area (Å²) in [5.41, 5.74) is 0. The first-order valence-electron chi connectivity index (χ1n) is 6.10. The quantitative estimate of drug-likeness (QED) is 0.798. The smallest absolute Gasteiger partial charge is 0.225 e. The van der Waals surface area contributed by atoms with Crippen molar-refractivity contribution in [3.8, 4) is 0 Å². The molecule has 0 aromatic heterocycles. The van der Waals surface area contributed by atoms with Gasteiger partial charge in [0.05, 0.1) is 6.54 Å². The number of carbonyl (C=O) groups excluding carboxylic acids is 1. The third-order valence-corrected chi connectivity index (χ3v) is 2.89. The molecule has 2 unspecified atom stereocenters. The maximum atomic E-state index is 13.8. The van der Waals surface area contributed by atoms with E-state index in [-0.39, 0.29) is 30.5 Å². The summed E-state index contributed by atoms with van der Waals surface area (Å²) in [5, 5.41) is 3.21. The van der Waals surface area contributed by atoms with E-state index in [9.17, 15) is 9.18 Å². The fourth-order valence-electron chi connectivity index (χ4n) is 2.09. The van der Waals surface area contributed by atoms with Gasteiger partial charge in [0.15, 0.2) is 0 Å². The minimum Gasteiger partial charge on any atom is -0.339 e. The minimum atomic E-state index is -0.946. The molecule has 0 radical (unpaired) electrons. The molecule has 0 aromatic rings. The summed E-state index contributed by atoms with van der Waals surface area (Å²) >= 11 is 0. The van der Waals surface area contributed by atoms with Crippen molar-refractivity contribution in [2.75, 3.05) is 13.1 Å². The minimum absolute atomic E-state index is 0.0400. The Labute approximate surface area is 97.4 Å². The highest BCUT2D eigenvalue weighted by Gasteiger charge is 2.32. The van der Waals surface area contributed by atoms with E-state index in [1.807, 2.05) is 27.7 Å². The van der Waals surface area contributed by atoms with Gasteiger partial charge in [-0.1, -0.05) is 27.7 Å². The van der Waals surface area contributed by atoms with Crippen molar-refractivity contribution in [1.29, 1.82) is 0 Å². The molecule has 3 nitrogen and oxygen atoms in total. The maximum Gasteiger partial charge on any atom is 0.225 e. The van der Waals surface area contributed by atoms with Crippen LogP contribution in [-0.4, -0.2) is 42.2 Å². The number of alkyl halides is 1. The topological polar surface area (TPSA) is 32.3 Å². The molecule has 1 fully saturated rings. The average Bonchev–Trinajstić information content (AvgIpc) is 2.19. The van der Waals surface area contributed by atoms with Gasteiger partial charge in [-0.25, -0.2) is 4.39 Å². The second-order valence-corrected chi connectivity index (χ2v) is 5.17. The third-order valence-electron chi connectivity index (χ3n) is 2.89. The number of hydrogen-bond donors (Lipinski definition) is 1. The molecule has 0 bridgehead atoms. The van der Waals surface area contributed by atoms with Gasteiger partial charge in [-0.2, -0.15) is 0 Å². The van der Waals surface area contributed by atoms with Crippen molar-refractivity contribution in [3.05, 3.63) is 0 Å². The first kappa shape index (κ1) is 13.4. The highest BCUT2D eigenvalue weighted by Crippen LogP contribution is 2.16. The highest BCUT2D eigenvalue weighted by atomic mass is 19.1. The molecule has 94 valence electrons. The molecule has 0 spiro atoms. The van der Waals surface area contributed by atoms with Gasteiger partial charge in [-0.05, 0) is 6.42 Å². The lowest BCUT2D eigenvalue weighted by atomic mass is 10.0. The van der Waals surface area contributed by atoms with E-state index in [4.69, 9.17) is 0 Å². The molecule has 1 rings (SSSR count). The van der Waals surface area contributed by atoms with E-state index >= 15 is 0 Å². The van der Waals surface area contributed by atoms with Gasteiger partial charge in [0.25, 0.3) is 0 Å². The Morgan fingerprint density at radius 3 is 2.44 bits per heavy atom. The van der Waals surface area contributed by atoms with Crippen LogP contribution in [0, 0.1) is 5.92 Å². The Morgan fingerprint density at radius 2 is 2.00 bits per heavy atom. The lowest BCUT2D eigenvalue weighted by molar-refractivity contribution is -0.137. The van der Waals surface area contributed by atoms with Crippen LogP contribution in [0.1, 0.15) is 34.1 Å². The highest BCUT2D eigenvalue weighted by molar-refractivity contribution is 5.78. The first-order valence-corrected chi connectivity index (χ1v) is 6.10. The molecule has 0 aliphatic carbocycles. The Hall–Kier alpha value is -0.640. The lowest BCUT2D eigenvalue weighted by Gasteiger charge is -2.36. The van der Waals surface area contributed by atoms with Crippen molar-refractivity contribution in [3.63, 3.8) is 0 Å². The number of hydrogen-bond acceptors (Lipinski definition) is 2. The summed E-state index contributed by atoms with van der Waals surface area (Å²) < 4.78 is 13.8. The molecule has 0 aromatic carbocycles. The normalized spacial score (nSPS) is 26.6. The number of amides is 1. The van der Waals surface area contributed by atoms with Crippen LogP contribution in [0.4, 0.5) is 4.39 Å². The number of nitrogens with zero attached hydrogens (tertiary/aromatic N) is 1. The van der Waals surface area contributed by atoms with Gasteiger partial charge in [0.2, 0.25) is 5.91 Å². The molecular formula is C12H23FN2O. The zero-order valence-electron chi connectivity index (χ0n) is 10.7. The Bertz CT molecular complexity index is 243. The number of halogens is 1. The summed E-state index contributed by atoms with van der Waals surface area (Å²) in [5.74, 6) is 0.0208. The SMILES string of the molecule is CC(C)NC1CCN(C(=O)C(C)C)CC1F. The predicted molar refractivity (Wildman–Crippen MR) is 63.0 cm³/mol. The summed E-state index contributed by atoms with van der Waals surface area (Å²) in [6, 6.07) is 0.187. The number of likely N-dealkylation sites (tertiary alicyclic amines) is 1. The lowest BCUT2D eigenvalue weighted by Crippen LogP contribution is -2.54. The molecule has 1 amide bonds. The molecule has 0 saturated carbocycles. The third kappa shape index (κ3) is 3.44. The van der Waals surface area contributed by atoms with Gasteiger partial charge >= 0.3 is 0 Å². The van der Waals surface area contributed by atoms with Crippen LogP contribution in [0.5, 0.6) is 0 Å². The molecule has 2 atom stereocenters. The van der Waals surface area contributed by atoms with Crippen LogP contribution in [0.3, 0.4) is 0 Å². The molecule has 1 N–H and O–H groups in total. The fourth-order valence-corrected chi connectivity index (χ4v) is 2.09. The van der Waals surface area contributed by atoms with E-state index in [1.54, 1.807) is 4.90 Å². The van der Waals surface area contributed by atoms with Crippen LogP contribution in [0.25, 0.3) is 0 Å². The van der Waals surface area contributed by atoms with Gasteiger partial charge in [-0.3, -0.25) is 4.79 Å². The van der Waals surface area contributed by atoms with Crippen LogP contribution in [-0.2, 0) is 4.79 Å². The van der Waals surface area contributed by atoms with Crippen LogP contribution in [0.2, 0.25) is 0 Å². The number of rotatable bonds is 3. The van der Waals surface area contributed by atoms with E-state index in [0.29, 0.717) is 13.0 Å². The zero-order valence-corrected chi connectivity index (χ0v) is 10.7. The second-order valence-electron chi connectivity index (χ2n) is 5.17. The second kappa shape index (κ2) is 5.62. The van der Waals surface area contributed by atoms with E-state index < -0.39 is 6.17 Å². The van der Waals surface area contributed by atoms with E-state index in [2.05, 4.69) is 5.32 Å². The first-order chi connectivity index (χ1) is 7.41. The monoisotopic (exact) mass is 230 g/mol. The van der Waals surface area contributed by atoms with Crippen molar-refractivity contribution in [1.82, 2.24) is 10.2 Å². The van der Waals surface area contributed by atoms with Gasteiger partial charge in [0.1, 0.15) is 6.17 Å². The Kier molecular flexibility index (Phi) is 4.71. The maximum absolute atomic E-state index is 13.8. The van der Waals surface area contributed by atoms with Gasteiger partial charge in [0, 0.05) is 24.5 Å². The van der Waals surface area contributed by atoms with Crippen molar-refractivity contribution >= 4 is 5.91 Å². The Balaban J connectivity index is 2.48. The molecule has 1 aliphatic rings. The fraction of sp³-hybridized carbons (Fsp3) is 0.917. The molecule has 1 saturated heterocycles. The predicted octanol–water partition coefficient (Wildman–Crippen LogP) is 1.58. The van der Waals surface area contributed by atoms with Gasteiger partial charge in [-0.15, -0.1) is 0 Å². The molecular weight excluding hydrogens is 207 g/mol. The van der Waals surface area contributed by atoms with Crippen LogP contribution in [0.15, 0.2) is 0 Å².